The summed E-state index contributed by atoms with van der Waals surface area (Å²) in [5, 5.41) is 0. The molecule has 0 saturated heterocycles. The molecule has 1 rings (SSSR count). The summed E-state index contributed by atoms with van der Waals surface area (Å²) in [5.41, 5.74) is 2.00. The minimum absolute atomic E-state index is 0.199. The number of furan rings is 1. The highest BCUT2D eigenvalue weighted by molar-refractivity contribution is 5.90. The van der Waals surface area contributed by atoms with E-state index in [1.54, 1.807) is 12.1 Å². The summed E-state index contributed by atoms with van der Waals surface area (Å²) in [5.74, 6) is 5.99. The topological polar surface area (TPSA) is 77.5 Å². The molecule has 0 saturated carbocycles. The number of hydrogen-bond donors (Lipinski definition) is 2. The van der Waals surface area contributed by atoms with Gasteiger partial charge >= 0.3 is 5.91 Å². The van der Waals surface area contributed by atoms with Crippen molar-refractivity contribution in [3.63, 3.8) is 0 Å². The SMILES string of the molecule is CC(C)CCOCc1ccc(C(=O)NN)o1. The molecule has 0 fully saturated rings. The molecule has 5 heteroatoms. The van der Waals surface area contributed by atoms with Crippen LogP contribution in [0.5, 0.6) is 0 Å². The second-order valence-corrected chi connectivity index (χ2v) is 3.97. The summed E-state index contributed by atoms with van der Waals surface area (Å²) in [6.45, 7) is 5.35. The number of amides is 1. The molecule has 1 amide bonds. The van der Waals surface area contributed by atoms with Gasteiger partial charge in [0.1, 0.15) is 12.4 Å². The van der Waals surface area contributed by atoms with Gasteiger partial charge in [0.25, 0.3) is 0 Å². The quantitative estimate of drug-likeness (QED) is 0.333. The minimum Gasteiger partial charge on any atom is -0.453 e. The summed E-state index contributed by atoms with van der Waals surface area (Å²) in [6, 6.07) is 3.28. The number of nitrogen functional groups attached to an aromatic ring is 1. The number of rotatable bonds is 6. The van der Waals surface area contributed by atoms with E-state index < -0.39 is 5.91 Å². The van der Waals surface area contributed by atoms with Gasteiger partial charge < -0.3 is 9.15 Å². The third kappa shape index (κ3) is 4.04. The number of hydrazine groups is 1. The smallest absolute Gasteiger partial charge is 0.300 e. The zero-order valence-electron chi connectivity index (χ0n) is 9.66. The van der Waals surface area contributed by atoms with Crippen LogP contribution in [0.2, 0.25) is 0 Å². The fraction of sp³-hybridized carbons (Fsp3) is 0.545. The molecule has 0 unspecified atom stereocenters. The van der Waals surface area contributed by atoms with Gasteiger partial charge in [-0.15, -0.1) is 0 Å². The monoisotopic (exact) mass is 226 g/mol. The predicted octanol–water partition coefficient (Wildman–Crippen LogP) is 1.45. The molecule has 1 heterocycles. The molecule has 90 valence electrons. The highest BCUT2D eigenvalue weighted by Crippen LogP contribution is 2.09. The minimum atomic E-state index is -0.437. The van der Waals surface area contributed by atoms with Crippen LogP contribution in [0.3, 0.4) is 0 Å². The van der Waals surface area contributed by atoms with Gasteiger partial charge in [-0.05, 0) is 24.5 Å². The molecule has 0 radical (unpaired) electrons. The van der Waals surface area contributed by atoms with Gasteiger partial charge in [-0.3, -0.25) is 10.2 Å². The summed E-state index contributed by atoms with van der Waals surface area (Å²) in [4.78, 5) is 11.1. The van der Waals surface area contributed by atoms with Crippen molar-refractivity contribution in [2.45, 2.75) is 26.9 Å². The van der Waals surface area contributed by atoms with Gasteiger partial charge in [-0.1, -0.05) is 13.8 Å². The van der Waals surface area contributed by atoms with Crippen molar-refractivity contribution in [3.05, 3.63) is 23.7 Å². The largest absolute Gasteiger partial charge is 0.453 e. The maximum atomic E-state index is 11.1. The predicted molar refractivity (Wildman–Crippen MR) is 59.5 cm³/mol. The summed E-state index contributed by atoms with van der Waals surface area (Å²) in [6.07, 6.45) is 1.01. The van der Waals surface area contributed by atoms with Crippen molar-refractivity contribution in [1.29, 1.82) is 0 Å². The van der Waals surface area contributed by atoms with E-state index in [0.717, 1.165) is 6.42 Å². The second-order valence-electron chi connectivity index (χ2n) is 3.97. The molecule has 1 aromatic heterocycles. The van der Waals surface area contributed by atoms with E-state index in [-0.39, 0.29) is 5.76 Å². The molecule has 16 heavy (non-hydrogen) atoms. The van der Waals surface area contributed by atoms with Crippen LogP contribution < -0.4 is 11.3 Å². The van der Waals surface area contributed by atoms with Gasteiger partial charge in [0.2, 0.25) is 0 Å². The maximum absolute atomic E-state index is 11.1. The van der Waals surface area contributed by atoms with E-state index in [2.05, 4.69) is 13.8 Å². The molecule has 0 bridgehead atoms. The number of hydrogen-bond acceptors (Lipinski definition) is 4. The number of carbonyl (C=O) groups is 1. The molecule has 0 spiro atoms. The van der Waals surface area contributed by atoms with Crippen LogP contribution in [0.25, 0.3) is 0 Å². The summed E-state index contributed by atoms with van der Waals surface area (Å²) in [7, 11) is 0. The van der Waals surface area contributed by atoms with Crippen LogP contribution in [0.1, 0.15) is 36.6 Å². The lowest BCUT2D eigenvalue weighted by Crippen LogP contribution is -2.29. The van der Waals surface area contributed by atoms with Crippen LogP contribution in [0, 0.1) is 5.92 Å². The first kappa shape index (κ1) is 12.7. The number of ether oxygens (including phenoxy) is 1. The Bertz CT molecular complexity index is 334. The van der Waals surface area contributed by atoms with Gasteiger partial charge in [-0.25, -0.2) is 5.84 Å². The zero-order valence-corrected chi connectivity index (χ0v) is 9.66. The molecule has 0 atom stereocenters. The maximum Gasteiger partial charge on any atom is 0.300 e. The van der Waals surface area contributed by atoms with Crippen LogP contribution in [0.4, 0.5) is 0 Å². The molecule has 0 aliphatic carbocycles. The number of carbonyl (C=O) groups excluding carboxylic acids is 1. The van der Waals surface area contributed by atoms with Crippen molar-refractivity contribution in [1.82, 2.24) is 5.43 Å². The van der Waals surface area contributed by atoms with E-state index in [0.29, 0.717) is 24.9 Å². The third-order valence-corrected chi connectivity index (χ3v) is 2.10. The summed E-state index contributed by atoms with van der Waals surface area (Å²) < 4.78 is 10.6. The van der Waals surface area contributed by atoms with E-state index in [9.17, 15) is 4.79 Å². The lowest BCUT2D eigenvalue weighted by atomic mass is 10.1. The Kier molecular flexibility index (Phi) is 5.01. The molecule has 5 nitrogen and oxygen atoms in total. The van der Waals surface area contributed by atoms with Gasteiger partial charge in [0.05, 0.1) is 0 Å². The Morgan fingerprint density at radius 1 is 1.56 bits per heavy atom. The standard InChI is InChI=1S/C11H18N2O3/c1-8(2)5-6-15-7-9-3-4-10(16-9)11(14)13-12/h3-4,8H,5-7,12H2,1-2H3,(H,13,14). The van der Waals surface area contributed by atoms with Crippen LogP contribution in [0.15, 0.2) is 16.5 Å². The Morgan fingerprint density at radius 2 is 2.31 bits per heavy atom. The van der Waals surface area contributed by atoms with Gasteiger partial charge in [0.15, 0.2) is 5.76 Å². The fourth-order valence-electron chi connectivity index (χ4n) is 1.14. The van der Waals surface area contributed by atoms with Crippen molar-refractivity contribution in [3.8, 4) is 0 Å². The highest BCUT2D eigenvalue weighted by Gasteiger charge is 2.09. The molecule has 0 aliphatic rings. The van der Waals surface area contributed by atoms with Crippen LogP contribution in [-0.4, -0.2) is 12.5 Å². The van der Waals surface area contributed by atoms with Crippen molar-refractivity contribution in [2.75, 3.05) is 6.61 Å². The average molecular weight is 226 g/mol. The Labute approximate surface area is 94.9 Å². The zero-order chi connectivity index (χ0) is 12.0. The normalized spacial score (nSPS) is 10.8. The molecular formula is C11H18N2O3. The third-order valence-electron chi connectivity index (χ3n) is 2.10. The molecule has 0 aliphatic heterocycles. The second kappa shape index (κ2) is 6.30. The average Bonchev–Trinajstić information content (AvgIpc) is 2.71. The van der Waals surface area contributed by atoms with E-state index in [1.165, 1.54) is 0 Å². The molecular weight excluding hydrogens is 208 g/mol. The lowest BCUT2D eigenvalue weighted by molar-refractivity contribution is 0.0875. The Balaban J connectivity index is 2.32. The first-order valence-corrected chi connectivity index (χ1v) is 5.31. The summed E-state index contributed by atoms with van der Waals surface area (Å²) >= 11 is 0. The fourth-order valence-corrected chi connectivity index (χ4v) is 1.14. The van der Waals surface area contributed by atoms with Crippen LogP contribution >= 0.6 is 0 Å². The highest BCUT2D eigenvalue weighted by atomic mass is 16.5. The van der Waals surface area contributed by atoms with Gasteiger partial charge in [0, 0.05) is 6.61 Å². The van der Waals surface area contributed by atoms with E-state index in [1.807, 2.05) is 5.43 Å². The van der Waals surface area contributed by atoms with Crippen molar-refractivity contribution in [2.24, 2.45) is 11.8 Å². The van der Waals surface area contributed by atoms with Crippen LogP contribution in [-0.2, 0) is 11.3 Å². The number of nitrogens with two attached hydrogens (primary N) is 1. The number of nitrogens with one attached hydrogen (secondary N) is 1. The van der Waals surface area contributed by atoms with Gasteiger partial charge in [-0.2, -0.15) is 0 Å². The molecule has 1 aromatic rings. The molecule has 3 N–H and O–H groups in total. The first-order chi connectivity index (χ1) is 7.63. The van der Waals surface area contributed by atoms with Crippen molar-refractivity contribution >= 4 is 5.91 Å². The van der Waals surface area contributed by atoms with Crippen molar-refractivity contribution < 1.29 is 13.9 Å². The Morgan fingerprint density at radius 3 is 2.94 bits per heavy atom. The molecule has 0 aromatic carbocycles. The first-order valence-electron chi connectivity index (χ1n) is 5.31. The Hall–Kier alpha value is -1.33. The lowest BCUT2D eigenvalue weighted by Gasteiger charge is -2.04. The van der Waals surface area contributed by atoms with E-state index in [4.69, 9.17) is 15.0 Å². The van der Waals surface area contributed by atoms with E-state index >= 15 is 0 Å².